The second-order valence-electron chi connectivity index (χ2n) is 7.03. The van der Waals surface area contributed by atoms with E-state index in [9.17, 15) is 9.59 Å². The Morgan fingerprint density at radius 3 is 2.65 bits per heavy atom. The Morgan fingerprint density at radius 1 is 1.30 bits per heavy atom. The molecular weight excluding hydrogens is 296 g/mol. The van der Waals surface area contributed by atoms with Crippen molar-refractivity contribution in [2.45, 2.75) is 53.6 Å². The maximum atomic E-state index is 12.4. The summed E-state index contributed by atoms with van der Waals surface area (Å²) in [6.07, 6.45) is 3.03. The topological polar surface area (TPSA) is 77.3 Å². The van der Waals surface area contributed by atoms with Gasteiger partial charge >= 0.3 is 0 Å². The molecule has 0 bridgehead atoms. The smallest absolute Gasteiger partial charge is 0.233 e. The third-order valence-corrected chi connectivity index (χ3v) is 4.01. The summed E-state index contributed by atoms with van der Waals surface area (Å²) in [6.45, 7) is 10.1. The summed E-state index contributed by atoms with van der Waals surface area (Å²) in [5.41, 5.74) is 0.409. The fourth-order valence-corrected chi connectivity index (χ4v) is 2.61. The van der Waals surface area contributed by atoms with E-state index in [2.05, 4.69) is 17.2 Å². The van der Waals surface area contributed by atoms with Crippen molar-refractivity contribution in [3.05, 3.63) is 11.9 Å². The van der Waals surface area contributed by atoms with Crippen LogP contribution in [0.4, 0.5) is 0 Å². The van der Waals surface area contributed by atoms with E-state index in [0.29, 0.717) is 18.8 Å². The number of imide groups is 1. The summed E-state index contributed by atoms with van der Waals surface area (Å²) in [4.78, 5) is 25.9. The van der Waals surface area contributed by atoms with Crippen molar-refractivity contribution in [3.63, 3.8) is 0 Å². The lowest BCUT2D eigenvalue weighted by molar-refractivity contribution is -0.141. The van der Waals surface area contributed by atoms with Crippen LogP contribution in [0.25, 0.3) is 0 Å². The monoisotopic (exact) mass is 322 g/mol. The minimum absolute atomic E-state index is 0.108. The second kappa shape index (κ2) is 7.21. The van der Waals surface area contributed by atoms with Gasteiger partial charge in [-0.25, -0.2) is 4.68 Å². The van der Waals surface area contributed by atoms with Gasteiger partial charge in [-0.2, -0.15) is 0 Å². The molecule has 1 aliphatic heterocycles. The van der Waals surface area contributed by atoms with E-state index in [1.54, 1.807) is 10.9 Å². The van der Waals surface area contributed by atoms with Crippen LogP contribution in [-0.2, 0) is 27.4 Å². The quantitative estimate of drug-likeness (QED) is 0.563. The molecule has 0 aromatic carbocycles. The number of aromatic nitrogens is 3. The number of amides is 2. The number of hydrogen-bond acceptors (Lipinski definition) is 5. The lowest BCUT2D eigenvalue weighted by Crippen LogP contribution is -2.33. The Labute approximate surface area is 137 Å². The average molecular weight is 322 g/mol. The van der Waals surface area contributed by atoms with Crippen LogP contribution in [0.1, 0.15) is 46.2 Å². The molecule has 0 N–H and O–H groups in total. The third kappa shape index (κ3) is 4.37. The van der Waals surface area contributed by atoms with Crippen LogP contribution in [0.5, 0.6) is 0 Å². The summed E-state index contributed by atoms with van der Waals surface area (Å²) < 4.78 is 7.09. The van der Waals surface area contributed by atoms with Gasteiger partial charge in [0.15, 0.2) is 0 Å². The number of carbonyl (C=O) groups excluding carboxylic acids is 2. The molecule has 7 heteroatoms. The molecule has 1 unspecified atom stereocenters. The SMILES string of the molecule is CCCOCCn1cc(CN2C(=O)CC(C(C)(C)C)C2=O)nn1. The first-order valence-corrected chi connectivity index (χ1v) is 8.14. The molecule has 1 fully saturated rings. The molecule has 0 radical (unpaired) electrons. The van der Waals surface area contributed by atoms with Gasteiger partial charge in [-0.15, -0.1) is 5.10 Å². The molecule has 0 saturated carbocycles. The van der Waals surface area contributed by atoms with Crippen LogP contribution >= 0.6 is 0 Å². The largest absolute Gasteiger partial charge is 0.380 e. The Hall–Kier alpha value is -1.76. The van der Waals surface area contributed by atoms with E-state index < -0.39 is 0 Å². The van der Waals surface area contributed by atoms with Crippen molar-refractivity contribution in [2.75, 3.05) is 13.2 Å². The summed E-state index contributed by atoms with van der Waals surface area (Å²) in [5, 5.41) is 8.06. The molecule has 23 heavy (non-hydrogen) atoms. The number of carbonyl (C=O) groups is 2. The van der Waals surface area contributed by atoms with Gasteiger partial charge in [0.05, 0.1) is 31.8 Å². The van der Waals surface area contributed by atoms with Crippen molar-refractivity contribution in [2.24, 2.45) is 11.3 Å². The molecule has 1 aromatic heterocycles. The van der Waals surface area contributed by atoms with Crippen LogP contribution in [0.3, 0.4) is 0 Å². The zero-order valence-corrected chi connectivity index (χ0v) is 14.4. The zero-order chi connectivity index (χ0) is 17.0. The molecule has 128 valence electrons. The first-order chi connectivity index (χ1) is 10.8. The molecule has 2 amide bonds. The van der Waals surface area contributed by atoms with E-state index in [0.717, 1.165) is 13.0 Å². The minimum atomic E-state index is -0.257. The lowest BCUT2D eigenvalue weighted by Gasteiger charge is -2.24. The fourth-order valence-electron chi connectivity index (χ4n) is 2.61. The molecule has 1 saturated heterocycles. The molecule has 2 heterocycles. The first-order valence-electron chi connectivity index (χ1n) is 8.14. The summed E-state index contributed by atoms with van der Waals surface area (Å²) >= 11 is 0. The summed E-state index contributed by atoms with van der Waals surface area (Å²) in [5.74, 6) is -0.494. The van der Waals surface area contributed by atoms with Gasteiger partial charge in [-0.05, 0) is 11.8 Å². The van der Waals surface area contributed by atoms with E-state index in [4.69, 9.17) is 4.74 Å². The first kappa shape index (κ1) is 17.6. The third-order valence-electron chi connectivity index (χ3n) is 4.01. The molecule has 0 aliphatic carbocycles. The van der Waals surface area contributed by atoms with E-state index in [1.807, 2.05) is 20.8 Å². The Morgan fingerprint density at radius 2 is 2.04 bits per heavy atom. The van der Waals surface area contributed by atoms with Gasteiger partial charge < -0.3 is 4.74 Å². The minimum Gasteiger partial charge on any atom is -0.380 e. The average Bonchev–Trinajstić information content (AvgIpc) is 3.03. The van der Waals surface area contributed by atoms with E-state index in [1.165, 1.54) is 4.90 Å². The van der Waals surface area contributed by atoms with Crippen LogP contribution in [0, 0.1) is 11.3 Å². The van der Waals surface area contributed by atoms with Gasteiger partial charge in [0, 0.05) is 13.0 Å². The number of hydrogen-bond donors (Lipinski definition) is 0. The highest BCUT2D eigenvalue weighted by Gasteiger charge is 2.44. The normalized spacial score (nSPS) is 19.0. The Balaban J connectivity index is 1.93. The summed E-state index contributed by atoms with van der Waals surface area (Å²) in [7, 11) is 0. The predicted octanol–water partition coefficient (Wildman–Crippen LogP) is 1.63. The molecular formula is C16H26N4O3. The van der Waals surface area contributed by atoms with Crippen molar-refractivity contribution < 1.29 is 14.3 Å². The number of rotatable bonds is 7. The highest BCUT2D eigenvalue weighted by Crippen LogP contribution is 2.35. The Bertz CT molecular complexity index is 562. The highest BCUT2D eigenvalue weighted by atomic mass is 16.5. The molecule has 1 aromatic rings. The summed E-state index contributed by atoms with van der Waals surface area (Å²) in [6, 6.07) is 0. The fraction of sp³-hybridized carbons (Fsp3) is 0.750. The van der Waals surface area contributed by atoms with Crippen molar-refractivity contribution in [1.29, 1.82) is 0 Å². The van der Waals surface area contributed by atoms with Crippen molar-refractivity contribution in [3.8, 4) is 0 Å². The van der Waals surface area contributed by atoms with Gasteiger partial charge in [-0.3, -0.25) is 14.5 Å². The van der Waals surface area contributed by atoms with Crippen molar-refractivity contribution >= 4 is 11.8 Å². The van der Waals surface area contributed by atoms with Crippen LogP contribution in [0.2, 0.25) is 0 Å². The second-order valence-corrected chi connectivity index (χ2v) is 7.03. The van der Waals surface area contributed by atoms with E-state index in [-0.39, 0.29) is 36.1 Å². The van der Waals surface area contributed by atoms with E-state index >= 15 is 0 Å². The van der Waals surface area contributed by atoms with Gasteiger partial charge in [-0.1, -0.05) is 32.9 Å². The molecule has 7 nitrogen and oxygen atoms in total. The zero-order valence-electron chi connectivity index (χ0n) is 14.4. The molecule has 0 spiro atoms. The van der Waals surface area contributed by atoms with Gasteiger partial charge in [0.25, 0.3) is 0 Å². The predicted molar refractivity (Wildman–Crippen MR) is 84.3 cm³/mol. The number of nitrogens with zero attached hydrogens (tertiary/aromatic N) is 4. The maximum Gasteiger partial charge on any atom is 0.233 e. The van der Waals surface area contributed by atoms with Crippen LogP contribution in [-0.4, -0.2) is 44.9 Å². The molecule has 1 atom stereocenters. The highest BCUT2D eigenvalue weighted by molar-refractivity contribution is 6.03. The van der Waals surface area contributed by atoms with Crippen LogP contribution < -0.4 is 0 Å². The number of ether oxygens (including phenoxy) is 1. The Kier molecular flexibility index (Phi) is 5.51. The van der Waals surface area contributed by atoms with Crippen LogP contribution in [0.15, 0.2) is 6.20 Å². The van der Waals surface area contributed by atoms with Crippen molar-refractivity contribution in [1.82, 2.24) is 19.9 Å². The van der Waals surface area contributed by atoms with Gasteiger partial charge in [0.2, 0.25) is 11.8 Å². The number of likely N-dealkylation sites (tertiary alicyclic amines) is 1. The lowest BCUT2D eigenvalue weighted by atomic mass is 9.80. The molecule has 1 aliphatic rings. The van der Waals surface area contributed by atoms with Gasteiger partial charge in [0.1, 0.15) is 5.69 Å². The molecule has 2 rings (SSSR count). The maximum absolute atomic E-state index is 12.4. The standard InChI is InChI=1S/C16H26N4O3/c1-5-7-23-8-6-19-10-12(17-18-19)11-20-14(21)9-13(15(20)22)16(2,3)4/h10,13H,5-9,11H2,1-4H3.